The maximum Gasteiger partial charge on any atom is 0.472 e. The number of phosphoric ester groups is 1. The van der Waals surface area contributed by atoms with Crippen LogP contribution in [0.3, 0.4) is 0 Å². The summed E-state index contributed by atoms with van der Waals surface area (Å²) in [6.07, 6.45) is 78.7. The predicted octanol–water partition coefficient (Wildman–Crippen LogP) is 23.0. The lowest BCUT2D eigenvalue weighted by Gasteiger charge is -2.27. The third kappa shape index (κ3) is 64.5. The number of phosphoric acid groups is 1. The monoisotopic (exact) mass is 1190 g/mol. The number of carbonyl (C=O) groups excluding carboxylic acids is 2. The van der Waals surface area contributed by atoms with Gasteiger partial charge in [-0.2, -0.15) is 0 Å². The first-order chi connectivity index (χ1) is 40.4. The Hall–Kier alpha value is -1.77. The molecular weight excluding hydrogens is 1050 g/mol. The maximum absolute atomic E-state index is 13.6. The van der Waals surface area contributed by atoms with Crippen LogP contribution in [0.5, 0.6) is 0 Å². The summed E-state index contributed by atoms with van der Waals surface area (Å²) in [7, 11) is 1.52. The van der Waals surface area contributed by atoms with E-state index in [0.29, 0.717) is 23.9 Å². The summed E-state index contributed by atoms with van der Waals surface area (Å²) in [5, 5.41) is 3.08. The van der Waals surface area contributed by atoms with Crippen molar-refractivity contribution in [1.29, 1.82) is 0 Å². The number of ether oxygens (including phenoxy) is 1. The van der Waals surface area contributed by atoms with Gasteiger partial charge in [-0.05, 0) is 63.9 Å². The summed E-state index contributed by atoms with van der Waals surface area (Å²) < 4.78 is 30.9. The fourth-order valence-corrected chi connectivity index (χ4v) is 11.7. The molecule has 10 heteroatoms. The zero-order chi connectivity index (χ0) is 60.7. The smallest absolute Gasteiger partial charge is 0.456 e. The van der Waals surface area contributed by atoms with Crippen molar-refractivity contribution < 1.29 is 37.3 Å². The number of hydrogen-bond acceptors (Lipinski definition) is 6. The number of likely N-dealkylation sites (N-methyl/N-ethyl adjacent to an activating group) is 1. The zero-order valence-corrected chi connectivity index (χ0v) is 57.1. The number of amides is 1. The van der Waals surface area contributed by atoms with Crippen LogP contribution in [-0.2, 0) is 27.9 Å². The van der Waals surface area contributed by atoms with E-state index in [2.05, 4.69) is 56.5 Å². The van der Waals surface area contributed by atoms with Crippen molar-refractivity contribution in [1.82, 2.24) is 5.32 Å². The largest absolute Gasteiger partial charge is 0.472 e. The summed E-state index contributed by atoms with van der Waals surface area (Å²) in [5.41, 5.74) is 0. The average molecular weight is 1190 g/mol. The Morgan fingerprint density at radius 1 is 0.422 bits per heavy atom. The summed E-state index contributed by atoms with van der Waals surface area (Å²) in [4.78, 5) is 37.9. The van der Waals surface area contributed by atoms with Crippen molar-refractivity contribution >= 4 is 19.7 Å². The van der Waals surface area contributed by atoms with Crippen molar-refractivity contribution in [3.05, 3.63) is 36.5 Å². The SMILES string of the molecule is CCCCC/C=C\C/C=C\CCCCCCCCCCCCCCCC(=O)OC(/C=C/CCCCCCCCCCCCC)C(COP(=O)(O)OCC[N+](C)(C)C)NC(=O)CCCCCCCCCCCCCCCCCCCCCCC. The molecule has 0 aliphatic rings. The van der Waals surface area contributed by atoms with E-state index in [1.807, 2.05) is 27.2 Å². The molecule has 0 saturated heterocycles. The standard InChI is InChI=1S/C73H141N2O7P/c1-7-10-13-16-19-22-25-28-30-32-34-36-37-39-41-43-45-48-51-54-57-60-63-66-73(77)82-71(64-61-58-55-52-49-46-27-24-21-18-15-12-9-3)70(69-81-83(78,79)80-68-67-75(4,5)6)74-72(76)65-62-59-56-53-50-47-44-42-40-38-35-33-31-29-26-23-20-17-14-11-8-2/h19,22,28,30,61,64,70-71H,7-18,20-21,23-27,29,31-60,62-63,65-69H2,1-6H3,(H-,74,76,78,79)/p+1/b22-19-,30-28-,64-61+. The molecule has 0 radical (unpaired) electrons. The van der Waals surface area contributed by atoms with Gasteiger partial charge in [0.2, 0.25) is 5.91 Å². The van der Waals surface area contributed by atoms with Crippen molar-refractivity contribution in [2.45, 2.75) is 380 Å². The molecule has 0 bridgehead atoms. The van der Waals surface area contributed by atoms with Crippen LogP contribution in [0.25, 0.3) is 0 Å². The fraction of sp³-hybridized carbons (Fsp3) is 0.890. The van der Waals surface area contributed by atoms with Crippen molar-refractivity contribution in [2.75, 3.05) is 40.9 Å². The molecule has 83 heavy (non-hydrogen) atoms. The lowest BCUT2D eigenvalue weighted by molar-refractivity contribution is -0.870. The topological polar surface area (TPSA) is 111 Å². The molecule has 1 amide bonds. The fourth-order valence-electron chi connectivity index (χ4n) is 11.0. The number of hydrogen-bond donors (Lipinski definition) is 2. The number of allylic oxidation sites excluding steroid dienone is 5. The van der Waals surface area contributed by atoms with Crippen molar-refractivity contribution in [3.8, 4) is 0 Å². The number of nitrogens with one attached hydrogen (secondary N) is 1. The number of rotatable bonds is 67. The number of carbonyl (C=O) groups is 2. The highest BCUT2D eigenvalue weighted by Gasteiger charge is 2.30. The Balaban J connectivity index is 5.06. The highest BCUT2D eigenvalue weighted by atomic mass is 31.2. The Labute approximate surface area is 516 Å². The Bertz CT molecular complexity index is 1510. The van der Waals surface area contributed by atoms with Crippen LogP contribution in [-0.4, -0.2) is 74.3 Å². The normalized spacial score (nSPS) is 13.7. The third-order valence-corrected chi connectivity index (χ3v) is 17.6. The van der Waals surface area contributed by atoms with E-state index in [4.69, 9.17) is 13.8 Å². The zero-order valence-electron chi connectivity index (χ0n) is 56.2. The van der Waals surface area contributed by atoms with Crippen LogP contribution in [0, 0.1) is 0 Å². The van der Waals surface area contributed by atoms with Crippen LogP contribution in [0.15, 0.2) is 36.5 Å². The van der Waals surface area contributed by atoms with Gasteiger partial charge in [0, 0.05) is 12.8 Å². The molecule has 0 aromatic rings. The molecule has 9 nitrogen and oxygen atoms in total. The Morgan fingerprint density at radius 2 is 0.735 bits per heavy atom. The van der Waals surface area contributed by atoms with Gasteiger partial charge in [0.1, 0.15) is 19.3 Å². The quantitative estimate of drug-likeness (QED) is 0.0205. The van der Waals surface area contributed by atoms with Gasteiger partial charge < -0.3 is 19.4 Å². The lowest BCUT2D eigenvalue weighted by atomic mass is 10.0. The number of unbranched alkanes of at least 4 members (excludes halogenated alkanes) is 47. The Kier molecular flexibility index (Phi) is 61.9. The molecule has 3 atom stereocenters. The van der Waals surface area contributed by atoms with Gasteiger partial charge in [-0.3, -0.25) is 18.6 Å². The number of esters is 1. The minimum absolute atomic E-state index is 0.0435. The van der Waals surface area contributed by atoms with E-state index >= 15 is 0 Å². The third-order valence-electron chi connectivity index (χ3n) is 16.6. The molecule has 0 aromatic carbocycles. The summed E-state index contributed by atoms with van der Waals surface area (Å²) in [6, 6.07) is -0.845. The average Bonchev–Trinajstić information content (AvgIpc) is 3.47. The first-order valence-corrected chi connectivity index (χ1v) is 37.8. The van der Waals surface area contributed by atoms with Crippen LogP contribution in [0.2, 0.25) is 0 Å². The second kappa shape index (κ2) is 63.3. The molecule has 2 N–H and O–H groups in total. The Morgan fingerprint density at radius 3 is 1.11 bits per heavy atom. The summed E-state index contributed by atoms with van der Waals surface area (Å²) in [6.45, 7) is 7.06. The van der Waals surface area contributed by atoms with Crippen LogP contribution in [0.1, 0.15) is 367 Å². The second-order valence-corrected chi connectivity index (χ2v) is 27.6. The van der Waals surface area contributed by atoms with E-state index < -0.39 is 20.0 Å². The van der Waals surface area contributed by atoms with Crippen molar-refractivity contribution in [3.63, 3.8) is 0 Å². The molecule has 0 aliphatic carbocycles. The van der Waals surface area contributed by atoms with E-state index in [-0.39, 0.29) is 25.1 Å². The van der Waals surface area contributed by atoms with E-state index in [1.54, 1.807) is 0 Å². The molecule has 0 spiro atoms. The molecule has 0 heterocycles. The minimum atomic E-state index is -4.45. The van der Waals surface area contributed by atoms with E-state index in [9.17, 15) is 19.0 Å². The minimum Gasteiger partial charge on any atom is -0.456 e. The van der Waals surface area contributed by atoms with Crippen molar-refractivity contribution in [2.24, 2.45) is 0 Å². The molecule has 0 aromatic heterocycles. The van der Waals surface area contributed by atoms with Crippen LogP contribution < -0.4 is 5.32 Å². The summed E-state index contributed by atoms with van der Waals surface area (Å²) >= 11 is 0. The van der Waals surface area contributed by atoms with Gasteiger partial charge in [0.05, 0.1) is 33.8 Å². The predicted molar refractivity (Wildman–Crippen MR) is 360 cm³/mol. The molecule has 490 valence electrons. The van der Waals surface area contributed by atoms with Gasteiger partial charge in [-0.15, -0.1) is 0 Å². The molecule has 0 saturated carbocycles. The highest BCUT2D eigenvalue weighted by molar-refractivity contribution is 7.47. The van der Waals surface area contributed by atoms with Gasteiger partial charge in [-0.25, -0.2) is 4.57 Å². The number of nitrogens with zero attached hydrogens (tertiary/aromatic N) is 1. The van der Waals surface area contributed by atoms with Gasteiger partial charge in [-0.1, -0.05) is 327 Å². The lowest BCUT2D eigenvalue weighted by Crippen LogP contribution is -2.47. The van der Waals surface area contributed by atoms with E-state index in [1.165, 1.54) is 270 Å². The maximum atomic E-state index is 13.6. The first kappa shape index (κ1) is 81.2. The first-order valence-electron chi connectivity index (χ1n) is 36.3. The molecule has 0 aliphatic heterocycles. The highest BCUT2D eigenvalue weighted by Crippen LogP contribution is 2.43. The molecule has 0 rings (SSSR count). The summed E-state index contributed by atoms with van der Waals surface area (Å²) in [5.74, 6) is -0.484. The van der Waals surface area contributed by atoms with Crippen LogP contribution in [0.4, 0.5) is 0 Å². The second-order valence-electron chi connectivity index (χ2n) is 26.1. The van der Waals surface area contributed by atoms with Gasteiger partial charge in [0.25, 0.3) is 0 Å². The molecule has 0 fully saturated rings. The number of quaternary nitrogens is 1. The van der Waals surface area contributed by atoms with Gasteiger partial charge >= 0.3 is 13.8 Å². The van der Waals surface area contributed by atoms with E-state index in [0.717, 1.165) is 64.2 Å². The molecular formula is C73H142N2O7P+. The molecule has 3 unspecified atom stereocenters. The van der Waals surface area contributed by atoms with Crippen LogP contribution >= 0.6 is 7.82 Å². The van der Waals surface area contributed by atoms with Gasteiger partial charge in [0.15, 0.2) is 0 Å².